The first-order valence-corrected chi connectivity index (χ1v) is 6.03. The number of para-hydroxylation sites is 1. The van der Waals surface area contributed by atoms with E-state index >= 15 is 0 Å². The fourth-order valence-corrected chi connectivity index (χ4v) is 1.82. The number of oxazole rings is 1. The molecule has 0 bridgehead atoms. The molecule has 2 rings (SSSR count). The highest BCUT2D eigenvalue weighted by Gasteiger charge is 2.18. The summed E-state index contributed by atoms with van der Waals surface area (Å²) in [5, 5.41) is 14.0. The molecule has 0 fully saturated rings. The Morgan fingerprint density at radius 2 is 2.32 bits per heavy atom. The first-order chi connectivity index (χ1) is 9.13. The number of rotatable bonds is 6. The zero-order valence-electron chi connectivity index (χ0n) is 10.9. The normalized spacial score (nSPS) is 10.8. The molecule has 0 saturated carbocycles. The van der Waals surface area contributed by atoms with Gasteiger partial charge in [-0.3, -0.25) is 10.1 Å². The highest BCUT2D eigenvalue weighted by atomic mass is 16.6. The number of anilines is 1. The summed E-state index contributed by atoms with van der Waals surface area (Å²) in [5.41, 5.74) is 0.698. The quantitative estimate of drug-likeness (QED) is 0.486. The molecule has 0 aliphatic heterocycles. The summed E-state index contributed by atoms with van der Waals surface area (Å²) in [6.07, 6.45) is 0.938. The van der Waals surface area contributed by atoms with E-state index in [1.54, 1.807) is 12.1 Å². The third-order valence-corrected chi connectivity index (χ3v) is 2.83. The average molecular weight is 264 g/mol. The van der Waals surface area contributed by atoms with E-state index in [0.717, 1.165) is 19.5 Å². The molecule has 1 heterocycles. The van der Waals surface area contributed by atoms with E-state index in [2.05, 4.69) is 10.3 Å². The molecule has 0 radical (unpaired) electrons. The number of hydrogen-bond acceptors (Lipinski definition) is 6. The van der Waals surface area contributed by atoms with Gasteiger partial charge in [-0.2, -0.15) is 4.98 Å². The molecule has 0 spiro atoms. The number of nitro benzene ring substituents is 1. The van der Waals surface area contributed by atoms with Gasteiger partial charge in [0.15, 0.2) is 11.1 Å². The molecule has 0 saturated heterocycles. The van der Waals surface area contributed by atoms with E-state index in [1.165, 1.54) is 6.07 Å². The molecule has 0 aliphatic rings. The first kappa shape index (κ1) is 13.3. The van der Waals surface area contributed by atoms with Gasteiger partial charge in [0.2, 0.25) is 0 Å². The zero-order valence-corrected chi connectivity index (χ0v) is 10.9. The summed E-state index contributed by atoms with van der Waals surface area (Å²) >= 11 is 0. The Morgan fingerprint density at radius 1 is 1.53 bits per heavy atom. The van der Waals surface area contributed by atoms with Crippen molar-refractivity contribution in [3.05, 3.63) is 28.3 Å². The van der Waals surface area contributed by atoms with Crippen LogP contribution in [0.4, 0.5) is 11.7 Å². The van der Waals surface area contributed by atoms with Crippen molar-refractivity contribution in [2.75, 3.05) is 32.1 Å². The lowest BCUT2D eigenvalue weighted by Crippen LogP contribution is -2.22. The Hall–Kier alpha value is -2.15. The van der Waals surface area contributed by atoms with Gasteiger partial charge < -0.3 is 14.6 Å². The molecule has 19 heavy (non-hydrogen) atoms. The van der Waals surface area contributed by atoms with E-state index in [4.69, 9.17) is 4.42 Å². The Balaban J connectivity index is 2.26. The number of aromatic nitrogens is 1. The molecule has 1 aromatic carbocycles. The molecule has 1 aromatic heterocycles. The highest BCUT2D eigenvalue weighted by molar-refractivity contribution is 5.84. The fourth-order valence-electron chi connectivity index (χ4n) is 1.82. The van der Waals surface area contributed by atoms with Gasteiger partial charge in [0.1, 0.15) is 0 Å². The number of non-ortho nitro benzene ring substituents is 1. The molecule has 0 unspecified atom stereocenters. The molecule has 0 amide bonds. The second kappa shape index (κ2) is 5.66. The Kier molecular flexibility index (Phi) is 3.96. The maximum Gasteiger partial charge on any atom is 0.298 e. The predicted octanol–water partition coefficient (Wildman–Crippen LogP) is 1.78. The second-order valence-corrected chi connectivity index (χ2v) is 4.26. The van der Waals surface area contributed by atoms with Crippen molar-refractivity contribution >= 4 is 22.8 Å². The molecule has 0 atom stereocenters. The molecule has 7 heteroatoms. The van der Waals surface area contributed by atoms with E-state index < -0.39 is 4.92 Å². The van der Waals surface area contributed by atoms with Gasteiger partial charge in [-0.25, -0.2) is 0 Å². The fraction of sp³-hybridized carbons (Fsp3) is 0.417. The van der Waals surface area contributed by atoms with E-state index in [9.17, 15) is 10.1 Å². The molecule has 2 aromatic rings. The average Bonchev–Trinajstić information content (AvgIpc) is 2.82. The number of nitrogens with one attached hydrogen (secondary N) is 1. The minimum Gasteiger partial charge on any atom is -0.423 e. The van der Waals surface area contributed by atoms with E-state index in [0.29, 0.717) is 17.1 Å². The van der Waals surface area contributed by atoms with Crippen LogP contribution in [0.5, 0.6) is 0 Å². The summed E-state index contributed by atoms with van der Waals surface area (Å²) in [5.74, 6) is 0. The third kappa shape index (κ3) is 2.82. The monoisotopic (exact) mass is 264 g/mol. The van der Waals surface area contributed by atoms with Gasteiger partial charge >= 0.3 is 0 Å². The molecular weight excluding hydrogens is 248 g/mol. The van der Waals surface area contributed by atoms with Crippen molar-refractivity contribution in [1.82, 2.24) is 10.3 Å². The summed E-state index contributed by atoms with van der Waals surface area (Å²) in [7, 11) is 3.75. The van der Waals surface area contributed by atoms with Crippen LogP contribution >= 0.6 is 0 Å². The SMILES string of the molecule is CNCCCN(C)c1nc2c([N+](=O)[O-])cccc2o1. The van der Waals surface area contributed by atoms with Gasteiger partial charge in [0.25, 0.3) is 11.7 Å². The largest absolute Gasteiger partial charge is 0.423 e. The summed E-state index contributed by atoms with van der Waals surface area (Å²) < 4.78 is 5.54. The molecular formula is C12H16N4O3. The first-order valence-electron chi connectivity index (χ1n) is 6.03. The van der Waals surface area contributed by atoms with Crippen LogP contribution in [-0.2, 0) is 0 Å². The van der Waals surface area contributed by atoms with Crippen molar-refractivity contribution in [2.45, 2.75) is 6.42 Å². The van der Waals surface area contributed by atoms with Crippen LogP contribution in [0.15, 0.2) is 22.6 Å². The molecule has 0 aliphatic carbocycles. The lowest BCUT2D eigenvalue weighted by Gasteiger charge is -2.13. The molecule has 1 N–H and O–H groups in total. The topological polar surface area (TPSA) is 84.4 Å². The standard InChI is InChI=1S/C12H16N4O3/c1-13-7-4-8-15(2)12-14-11-9(16(17)18)5-3-6-10(11)19-12/h3,5-6,13H,4,7-8H2,1-2H3. The van der Waals surface area contributed by atoms with Crippen LogP contribution in [0.2, 0.25) is 0 Å². The Morgan fingerprint density at radius 3 is 3.00 bits per heavy atom. The van der Waals surface area contributed by atoms with Gasteiger partial charge in [0.05, 0.1) is 4.92 Å². The van der Waals surface area contributed by atoms with Crippen molar-refractivity contribution in [3.63, 3.8) is 0 Å². The van der Waals surface area contributed by atoms with E-state index in [-0.39, 0.29) is 5.69 Å². The summed E-state index contributed by atoms with van der Waals surface area (Å²) in [6, 6.07) is 5.10. The van der Waals surface area contributed by atoms with Crippen LogP contribution in [0.1, 0.15) is 6.42 Å². The van der Waals surface area contributed by atoms with Crippen molar-refractivity contribution in [2.24, 2.45) is 0 Å². The minimum atomic E-state index is -0.449. The van der Waals surface area contributed by atoms with Crippen LogP contribution in [0, 0.1) is 10.1 Å². The number of benzene rings is 1. The smallest absolute Gasteiger partial charge is 0.298 e. The number of fused-ring (bicyclic) bond motifs is 1. The highest BCUT2D eigenvalue weighted by Crippen LogP contribution is 2.28. The Bertz CT molecular complexity index is 581. The van der Waals surface area contributed by atoms with Crippen LogP contribution in [-0.4, -0.2) is 37.1 Å². The number of hydrogen-bond donors (Lipinski definition) is 1. The zero-order chi connectivity index (χ0) is 13.8. The molecule has 7 nitrogen and oxygen atoms in total. The van der Waals surface area contributed by atoms with Crippen LogP contribution < -0.4 is 10.2 Å². The van der Waals surface area contributed by atoms with Crippen molar-refractivity contribution in [1.29, 1.82) is 0 Å². The Labute approximate surface area is 110 Å². The third-order valence-electron chi connectivity index (χ3n) is 2.83. The minimum absolute atomic E-state index is 0.0314. The van der Waals surface area contributed by atoms with Crippen molar-refractivity contribution in [3.8, 4) is 0 Å². The summed E-state index contributed by atoms with van der Waals surface area (Å²) in [6.45, 7) is 1.66. The van der Waals surface area contributed by atoms with Crippen LogP contribution in [0.25, 0.3) is 11.1 Å². The van der Waals surface area contributed by atoms with Gasteiger partial charge in [-0.15, -0.1) is 0 Å². The van der Waals surface area contributed by atoms with Crippen molar-refractivity contribution < 1.29 is 9.34 Å². The van der Waals surface area contributed by atoms with Gasteiger partial charge in [-0.1, -0.05) is 6.07 Å². The van der Waals surface area contributed by atoms with E-state index in [1.807, 2.05) is 19.0 Å². The van der Waals surface area contributed by atoms with Gasteiger partial charge in [0, 0.05) is 19.7 Å². The summed E-state index contributed by atoms with van der Waals surface area (Å²) in [4.78, 5) is 16.5. The molecule has 102 valence electrons. The maximum atomic E-state index is 10.9. The van der Waals surface area contributed by atoms with Crippen LogP contribution in [0.3, 0.4) is 0 Å². The number of nitro groups is 1. The number of nitrogens with zero attached hydrogens (tertiary/aromatic N) is 3. The maximum absolute atomic E-state index is 10.9. The van der Waals surface area contributed by atoms with Gasteiger partial charge in [-0.05, 0) is 26.1 Å². The lowest BCUT2D eigenvalue weighted by atomic mass is 10.3. The lowest BCUT2D eigenvalue weighted by molar-refractivity contribution is -0.383. The second-order valence-electron chi connectivity index (χ2n) is 4.26. The predicted molar refractivity (Wildman–Crippen MR) is 72.5 cm³/mol.